The van der Waals surface area contributed by atoms with Crippen LogP contribution in [-0.4, -0.2) is 59.9 Å². The number of hydrogen-bond acceptors (Lipinski definition) is 2. The van der Waals surface area contributed by atoms with Crippen LogP contribution >= 0.6 is 0 Å². The zero-order valence-electron chi connectivity index (χ0n) is 23.8. The van der Waals surface area contributed by atoms with Crippen LogP contribution in [0.1, 0.15) is 181 Å². The Morgan fingerprint density at radius 2 is 0.543 bits per heavy atom. The van der Waals surface area contributed by atoms with E-state index in [1.807, 2.05) is 0 Å². The second-order valence-corrected chi connectivity index (χ2v) is 10.1. The van der Waals surface area contributed by atoms with E-state index in [0.29, 0.717) is 12.8 Å². The Bertz CT molecular complexity index is 377. The van der Waals surface area contributed by atoms with Crippen molar-refractivity contribution >= 4 is 49.7 Å². The predicted molar refractivity (Wildman–Crippen MR) is 152 cm³/mol. The minimum absolute atomic E-state index is 0. The van der Waals surface area contributed by atoms with Crippen molar-refractivity contribution in [1.82, 2.24) is 0 Å². The van der Waals surface area contributed by atoms with Crippen molar-refractivity contribution in [3.05, 3.63) is 0 Å². The molecule has 0 spiro atoms. The average molecular weight is 525 g/mol. The number of rotatable bonds is 26. The van der Waals surface area contributed by atoms with E-state index >= 15 is 0 Å². The van der Waals surface area contributed by atoms with Gasteiger partial charge in [0.15, 0.2) is 0 Å². The molecule has 35 heavy (non-hydrogen) atoms. The third-order valence-electron chi connectivity index (χ3n) is 6.49. The summed E-state index contributed by atoms with van der Waals surface area (Å²) in [5.74, 6) is -1.31. The summed E-state index contributed by atoms with van der Waals surface area (Å²) in [5.41, 5.74) is 0. The van der Waals surface area contributed by atoms with E-state index in [1.54, 1.807) is 0 Å². The maximum Gasteiger partial charge on any atom is 0.303 e. The molecule has 0 rings (SSSR count). The van der Waals surface area contributed by atoms with E-state index in [1.165, 1.54) is 128 Å². The van der Waals surface area contributed by atoms with Gasteiger partial charge in [-0.15, -0.1) is 0 Å². The first-order valence-corrected chi connectivity index (χ1v) is 15.0. The first-order chi connectivity index (χ1) is 16.5. The number of carbonyl (C=O) groups is 2. The van der Waals surface area contributed by atoms with Crippen LogP contribution in [-0.2, 0) is 9.59 Å². The van der Waals surface area contributed by atoms with Gasteiger partial charge in [-0.25, -0.2) is 0 Å². The summed E-state index contributed by atoms with van der Waals surface area (Å²) in [7, 11) is 0. The van der Waals surface area contributed by atoms with Gasteiger partial charge < -0.3 is 10.2 Å². The molecule has 2 radical (unpaired) electrons. The third-order valence-corrected chi connectivity index (χ3v) is 6.49. The molecule has 4 nitrogen and oxygen atoms in total. The SMILES string of the molecule is CCCCCCCCCCCCCCC(=O)O.CCCCCCCCCCCCCCC(=O)O.[Ca]. The van der Waals surface area contributed by atoms with Crippen molar-refractivity contribution in [3.63, 3.8) is 0 Å². The monoisotopic (exact) mass is 524 g/mol. The molecule has 0 aliphatic heterocycles. The van der Waals surface area contributed by atoms with Gasteiger partial charge in [0, 0.05) is 50.6 Å². The molecule has 2 N–H and O–H groups in total. The molecule has 0 aliphatic rings. The van der Waals surface area contributed by atoms with E-state index in [4.69, 9.17) is 10.2 Å². The topological polar surface area (TPSA) is 74.6 Å². The van der Waals surface area contributed by atoms with Gasteiger partial charge in [-0.1, -0.05) is 155 Å². The number of aliphatic carboxylic acids is 2. The van der Waals surface area contributed by atoms with Crippen LogP contribution in [0.5, 0.6) is 0 Å². The van der Waals surface area contributed by atoms with Crippen molar-refractivity contribution < 1.29 is 19.8 Å². The van der Waals surface area contributed by atoms with Crippen LogP contribution in [0.4, 0.5) is 0 Å². The van der Waals surface area contributed by atoms with Gasteiger partial charge in [-0.05, 0) is 12.8 Å². The number of carboxylic acid groups (broad SMARTS) is 2. The summed E-state index contributed by atoms with van der Waals surface area (Å²) in [4.78, 5) is 20.6. The Labute approximate surface area is 248 Å². The Morgan fingerprint density at radius 1 is 0.371 bits per heavy atom. The molecule has 0 aliphatic carbocycles. The van der Waals surface area contributed by atoms with E-state index in [-0.39, 0.29) is 37.7 Å². The van der Waals surface area contributed by atoms with Crippen molar-refractivity contribution in [2.75, 3.05) is 0 Å². The first kappa shape index (κ1) is 39.7. The van der Waals surface area contributed by atoms with Gasteiger partial charge in [0.2, 0.25) is 0 Å². The molecular weight excluding hydrogens is 464 g/mol. The second-order valence-electron chi connectivity index (χ2n) is 10.1. The van der Waals surface area contributed by atoms with E-state index in [9.17, 15) is 9.59 Å². The fraction of sp³-hybridized carbons (Fsp3) is 0.933. The van der Waals surface area contributed by atoms with Crippen LogP contribution in [0, 0.1) is 0 Å². The average Bonchev–Trinajstić information content (AvgIpc) is 2.80. The van der Waals surface area contributed by atoms with Crippen molar-refractivity contribution in [2.45, 2.75) is 181 Å². The van der Waals surface area contributed by atoms with Crippen LogP contribution in [0.25, 0.3) is 0 Å². The maximum absolute atomic E-state index is 10.3. The molecule has 0 fully saturated rings. The molecule has 0 unspecified atom stereocenters. The molecule has 0 atom stereocenters. The number of unbranched alkanes of at least 4 members (excludes halogenated alkanes) is 22. The second kappa shape index (κ2) is 36.4. The summed E-state index contributed by atoms with van der Waals surface area (Å²) < 4.78 is 0. The fourth-order valence-electron chi connectivity index (χ4n) is 4.23. The number of hydrogen-bond donors (Lipinski definition) is 2. The maximum atomic E-state index is 10.3. The quantitative estimate of drug-likeness (QED) is 0.0871. The Balaban J connectivity index is -0.000000569. The molecule has 0 saturated heterocycles. The van der Waals surface area contributed by atoms with Gasteiger partial charge in [0.05, 0.1) is 0 Å². The van der Waals surface area contributed by atoms with E-state index in [2.05, 4.69) is 13.8 Å². The van der Waals surface area contributed by atoms with Crippen LogP contribution in [0.3, 0.4) is 0 Å². The minimum Gasteiger partial charge on any atom is -0.481 e. The summed E-state index contributed by atoms with van der Waals surface area (Å²) in [6, 6.07) is 0. The van der Waals surface area contributed by atoms with Gasteiger partial charge in [0.1, 0.15) is 0 Å². The van der Waals surface area contributed by atoms with Crippen molar-refractivity contribution in [2.24, 2.45) is 0 Å². The molecule has 206 valence electrons. The number of carboxylic acids is 2. The Kier molecular flexibility index (Phi) is 41.2. The largest absolute Gasteiger partial charge is 0.481 e. The predicted octanol–water partition coefficient (Wildman–Crippen LogP) is 9.94. The molecule has 0 aromatic carbocycles. The van der Waals surface area contributed by atoms with E-state index in [0.717, 1.165) is 25.7 Å². The summed E-state index contributed by atoms with van der Waals surface area (Å²) in [5, 5.41) is 16.9. The molecule has 0 saturated carbocycles. The molecule has 0 bridgehead atoms. The van der Waals surface area contributed by atoms with Gasteiger partial charge in [0.25, 0.3) is 0 Å². The third kappa shape index (κ3) is 44.6. The zero-order valence-corrected chi connectivity index (χ0v) is 26.0. The Morgan fingerprint density at radius 3 is 0.714 bits per heavy atom. The molecule has 0 amide bonds. The van der Waals surface area contributed by atoms with Crippen LogP contribution in [0.2, 0.25) is 0 Å². The van der Waals surface area contributed by atoms with Crippen LogP contribution in [0.15, 0.2) is 0 Å². The molecular formula is C30H60CaO4. The van der Waals surface area contributed by atoms with Crippen molar-refractivity contribution in [3.8, 4) is 0 Å². The summed E-state index contributed by atoms with van der Waals surface area (Å²) in [6.45, 7) is 4.51. The van der Waals surface area contributed by atoms with Gasteiger partial charge in [-0.3, -0.25) is 9.59 Å². The molecule has 0 aromatic rings. The van der Waals surface area contributed by atoms with Crippen LogP contribution < -0.4 is 0 Å². The Hall–Kier alpha value is 0.200. The minimum atomic E-state index is -0.655. The summed E-state index contributed by atoms with van der Waals surface area (Å²) >= 11 is 0. The zero-order chi connectivity index (χ0) is 25.5. The first-order valence-electron chi connectivity index (χ1n) is 15.0. The summed E-state index contributed by atoms with van der Waals surface area (Å²) in [6.07, 6.45) is 31.6. The smallest absolute Gasteiger partial charge is 0.303 e. The fourth-order valence-corrected chi connectivity index (χ4v) is 4.23. The van der Waals surface area contributed by atoms with E-state index < -0.39 is 11.9 Å². The van der Waals surface area contributed by atoms with Gasteiger partial charge >= 0.3 is 11.9 Å². The molecule has 5 heteroatoms. The molecule has 0 aromatic heterocycles. The van der Waals surface area contributed by atoms with Crippen molar-refractivity contribution in [1.29, 1.82) is 0 Å². The molecule has 0 heterocycles. The standard InChI is InChI=1S/2C15H30O2.Ca/c2*1-2-3-4-5-6-7-8-9-10-11-12-13-14-15(16)17;/h2*2-14H2,1H3,(H,16,17);. The normalized spacial score (nSPS) is 10.3. The van der Waals surface area contributed by atoms with Gasteiger partial charge in [-0.2, -0.15) is 0 Å².